The van der Waals surface area contributed by atoms with E-state index in [0.29, 0.717) is 0 Å². The van der Waals surface area contributed by atoms with Crippen LogP contribution in [0.5, 0.6) is 0 Å². The van der Waals surface area contributed by atoms with Gasteiger partial charge in [0.2, 0.25) is 0 Å². The minimum Gasteiger partial charge on any atom is 0 e. The van der Waals surface area contributed by atoms with Crippen molar-refractivity contribution in [3.63, 3.8) is 0 Å². The minimum absolute atomic E-state index is 0. The molecule has 33 heavy (non-hydrogen) atoms. The SMILES string of the molecule is CCCCC(CC)COC(=O)CC(C(=O)OCC(CC)CCCC)S(=O)(=O)O.O=PO.[NaH].[Nd]. The second-order valence-corrected chi connectivity index (χ2v) is 9.20. The topological polar surface area (TPSA) is 144 Å². The van der Waals surface area contributed by atoms with E-state index < -0.39 is 42.4 Å². The second kappa shape index (κ2) is 26.3. The van der Waals surface area contributed by atoms with E-state index in [9.17, 15) is 22.6 Å². The van der Waals surface area contributed by atoms with E-state index >= 15 is 0 Å². The van der Waals surface area contributed by atoms with Crippen LogP contribution in [0.25, 0.3) is 0 Å². The quantitative estimate of drug-likeness (QED) is 0.110. The largest absolute Gasteiger partial charge is 0 e. The van der Waals surface area contributed by atoms with E-state index in [4.69, 9.17) is 18.9 Å². The summed E-state index contributed by atoms with van der Waals surface area (Å²) in [4.78, 5) is 31.2. The summed E-state index contributed by atoms with van der Waals surface area (Å²) in [7, 11) is -5.60. The van der Waals surface area contributed by atoms with Crippen LogP contribution in [0.3, 0.4) is 0 Å². The number of ether oxygens (including phenoxy) is 2. The van der Waals surface area contributed by atoms with Crippen molar-refractivity contribution in [3.05, 3.63) is 0 Å². The van der Waals surface area contributed by atoms with Crippen molar-refractivity contribution >= 4 is 60.3 Å². The molecule has 3 unspecified atom stereocenters. The number of rotatable bonds is 16. The van der Waals surface area contributed by atoms with Crippen LogP contribution < -0.4 is 0 Å². The Labute approximate surface area is 255 Å². The van der Waals surface area contributed by atoms with Gasteiger partial charge >= 0.3 is 50.2 Å². The van der Waals surface area contributed by atoms with Crippen LogP contribution >= 0.6 is 8.69 Å². The summed E-state index contributed by atoms with van der Waals surface area (Å²) in [6.07, 6.45) is 6.74. The molecule has 0 aliphatic carbocycles. The van der Waals surface area contributed by atoms with E-state index in [1.54, 1.807) is 0 Å². The predicted octanol–water partition coefficient (Wildman–Crippen LogP) is 3.69. The first-order valence-electron chi connectivity index (χ1n) is 10.9. The zero-order valence-corrected chi connectivity index (χ0v) is 24.5. The van der Waals surface area contributed by atoms with Crippen molar-refractivity contribution in [1.82, 2.24) is 0 Å². The Bertz CT molecular complexity index is 608. The van der Waals surface area contributed by atoms with Gasteiger partial charge in [-0.3, -0.25) is 14.1 Å². The van der Waals surface area contributed by atoms with Crippen molar-refractivity contribution in [2.24, 2.45) is 11.8 Å². The second-order valence-electron chi connectivity index (χ2n) is 7.44. The number of esters is 2. The molecule has 0 spiro atoms. The third kappa shape index (κ3) is 23.4. The van der Waals surface area contributed by atoms with Gasteiger partial charge in [0.05, 0.1) is 19.6 Å². The first-order chi connectivity index (χ1) is 14.6. The molecule has 0 aromatic carbocycles. The Morgan fingerprint density at radius 3 is 1.64 bits per heavy atom. The van der Waals surface area contributed by atoms with Crippen molar-refractivity contribution in [2.45, 2.75) is 90.7 Å². The molecular weight excluding hydrogens is 614 g/mol. The van der Waals surface area contributed by atoms with Crippen LogP contribution in [0.2, 0.25) is 0 Å². The van der Waals surface area contributed by atoms with Crippen LogP contribution in [0.4, 0.5) is 0 Å². The molecule has 0 amide bonds. The predicted molar refractivity (Wildman–Crippen MR) is 125 cm³/mol. The monoisotopic (exact) mass is 652 g/mol. The van der Waals surface area contributed by atoms with Gasteiger partial charge in [0, 0.05) is 40.8 Å². The summed E-state index contributed by atoms with van der Waals surface area (Å²) < 4.78 is 51.2. The van der Waals surface area contributed by atoms with Gasteiger partial charge in [-0.05, 0) is 24.7 Å². The molecule has 0 heterocycles. The summed E-state index contributed by atoms with van der Waals surface area (Å²) in [6.45, 7) is 8.35. The molecule has 0 aromatic rings. The number of hydrogen-bond donors (Lipinski definition) is 2. The smallest absolute Gasteiger partial charge is 0 e. The van der Waals surface area contributed by atoms with E-state index in [1.807, 2.05) is 13.8 Å². The normalized spacial score (nSPS) is 13.3. The molecule has 2 N–H and O–H groups in total. The standard InChI is InChI=1S/C20H38O7S.Na.Nd.HO2P.H/c1-5-9-11-16(7-3)14-26-19(21)13-18(28(23,24)25)20(22)27-15-17(8-4)12-10-6-2;;;1-3-2;/h16-18H,5-15H2,1-4H3,(H,23,24,25);;;(H,1,2);. The van der Waals surface area contributed by atoms with Gasteiger partial charge < -0.3 is 14.4 Å². The van der Waals surface area contributed by atoms with E-state index in [-0.39, 0.29) is 95.4 Å². The molecule has 0 bridgehead atoms. The fourth-order valence-corrected chi connectivity index (χ4v) is 3.48. The van der Waals surface area contributed by atoms with Crippen LogP contribution in [0, 0.1) is 52.7 Å². The zero-order valence-electron chi connectivity index (χ0n) is 19.6. The van der Waals surface area contributed by atoms with Crippen LogP contribution in [-0.4, -0.2) is 77.8 Å². The molecule has 0 aromatic heterocycles. The van der Waals surface area contributed by atoms with E-state index in [0.717, 1.165) is 51.4 Å². The summed E-state index contributed by atoms with van der Waals surface area (Å²) in [5.41, 5.74) is 0. The summed E-state index contributed by atoms with van der Waals surface area (Å²) >= 11 is 0. The van der Waals surface area contributed by atoms with Gasteiger partial charge in [0.15, 0.2) is 5.25 Å². The van der Waals surface area contributed by atoms with Gasteiger partial charge in [-0.2, -0.15) is 8.42 Å². The minimum atomic E-state index is -4.76. The molecule has 0 radical (unpaired) electrons. The van der Waals surface area contributed by atoms with Gasteiger partial charge in [0.1, 0.15) is 0 Å². The maximum Gasteiger partial charge on any atom is 0 e. The van der Waals surface area contributed by atoms with Gasteiger partial charge in [0.25, 0.3) is 10.1 Å². The summed E-state index contributed by atoms with van der Waals surface area (Å²) in [5.74, 6) is -1.61. The van der Waals surface area contributed by atoms with Gasteiger partial charge in [-0.25, -0.2) is 4.57 Å². The molecule has 13 heteroatoms. The van der Waals surface area contributed by atoms with Crippen molar-refractivity contribution in [3.8, 4) is 0 Å². The molecule has 0 fully saturated rings. The molecular formula is C20H40NaNdO9PS. The maximum absolute atomic E-state index is 12.2. The van der Waals surface area contributed by atoms with E-state index in [2.05, 4.69) is 13.8 Å². The Morgan fingerprint density at radius 2 is 1.30 bits per heavy atom. The zero-order chi connectivity index (χ0) is 24.3. The Balaban J connectivity index is -0.000000793. The fraction of sp³-hybridized carbons (Fsp3) is 0.900. The molecule has 0 saturated heterocycles. The Hall–Kier alpha value is 1.26. The molecule has 3 atom stereocenters. The van der Waals surface area contributed by atoms with Crippen LogP contribution in [-0.2, 0) is 33.7 Å². The fourth-order valence-electron chi connectivity index (χ4n) is 2.82. The Kier molecular flexibility index (Phi) is 33.0. The first-order valence-corrected chi connectivity index (χ1v) is 13.1. The summed E-state index contributed by atoms with van der Waals surface area (Å²) in [6, 6.07) is 0. The first kappa shape index (κ1) is 41.4. The van der Waals surface area contributed by atoms with Crippen molar-refractivity contribution in [2.75, 3.05) is 13.2 Å². The van der Waals surface area contributed by atoms with E-state index in [1.165, 1.54) is 0 Å². The average molecular weight is 655 g/mol. The average Bonchev–Trinajstić information content (AvgIpc) is 2.71. The van der Waals surface area contributed by atoms with Crippen molar-refractivity contribution in [1.29, 1.82) is 0 Å². The number of unbranched alkanes of at least 4 members (excludes halogenated alkanes) is 2. The van der Waals surface area contributed by atoms with Crippen molar-refractivity contribution < 1.29 is 82.3 Å². The summed E-state index contributed by atoms with van der Waals surface area (Å²) in [5, 5.41) is -1.95. The Morgan fingerprint density at radius 1 is 0.909 bits per heavy atom. The van der Waals surface area contributed by atoms with Crippen LogP contribution in [0.15, 0.2) is 0 Å². The molecule has 0 rings (SSSR count). The molecule has 0 saturated carbocycles. The van der Waals surface area contributed by atoms with Crippen LogP contribution in [0.1, 0.15) is 85.5 Å². The molecule has 0 aliphatic rings. The number of hydrogen-bond acceptors (Lipinski definition) is 7. The third-order valence-electron chi connectivity index (χ3n) is 5.00. The molecule has 9 nitrogen and oxygen atoms in total. The third-order valence-corrected chi connectivity index (χ3v) is 6.08. The number of carbonyl (C=O) groups excluding carboxylic acids is 2. The maximum atomic E-state index is 12.2. The number of carbonyl (C=O) groups is 2. The molecule has 0 aliphatic heterocycles. The molecule has 190 valence electrons. The van der Waals surface area contributed by atoms with Gasteiger partial charge in [-0.1, -0.05) is 66.2 Å². The van der Waals surface area contributed by atoms with Gasteiger partial charge in [-0.15, -0.1) is 0 Å².